The molecule has 1 aromatic heterocycles. The minimum atomic E-state index is -0.419. The highest BCUT2D eigenvalue weighted by atomic mass is 19.1. The van der Waals surface area contributed by atoms with Gasteiger partial charge in [0.1, 0.15) is 11.3 Å². The summed E-state index contributed by atoms with van der Waals surface area (Å²) in [5.41, 5.74) is 2.72. The van der Waals surface area contributed by atoms with Gasteiger partial charge in [-0.05, 0) is 29.7 Å². The number of aromatic nitrogens is 1. The van der Waals surface area contributed by atoms with E-state index in [0.29, 0.717) is 18.7 Å². The molecular weight excluding hydrogens is 269 g/mol. The Hall–Kier alpha value is -1.78. The van der Waals surface area contributed by atoms with Gasteiger partial charge >= 0.3 is 0 Å². The monoisotopic (exact) mass is 285 g/mol. The standard InChI is InChI=1S/C17H16FNO2/c18-15-3-1-2-14-13(6-9-19-16(14)15)12-4-7-17(8-5-12)20-10-11-21-17/h1-4,6,9H,5,7-8,10-11H2. The number of nitrogens with zero attached hydrogens (tertiary/aromatic N) is 1. The fourth-order valence-electron chi connectivity index (χ4n) is 3.23. The molecule has 4 heteroatoms. The first kappa shape index (κ1) is 12.9. The summed E-state index contributed by atoms with van der Waals surface area (Å²) >= 11 is 0. The first-order valence-electron chi connectivity index (χ1n) is 7.28. The minimum Gasteiger partial charge on any atom is -0.347 e. The quantitative estimate of drug-likeness (QED) is 0.801. The summed E-state index contributed by atoms with van der Waals surface area (Å²) < 4.78 is 25.3. The fourth-order valence-corrected chi connectivity index (χ4v) is 3.23. The second-order valence-corrected chi connectivity index (χ2v) is 5.54. The first-order chi connectivity index (χ1) is 10.3. The molecule has 1 spiro atoms. The van der Waals surface area contributed by atoms with Crippen LogP contribution in [0, 0.1) is 5.82 Å². The van der Waals surface area contributed by atoms with Gasteiger partial charge in [-0.25, -0.2) is 4.39 Å². The predicted octanol–water partition coefficient (Wildman–Crippen LogP) is 3.68. The molecule has 1 aromatic carbocycles. The Kier molecular flexibility index (Phi) is 3.01. The predicted molar refractivity (Wildman–Crippen MR) is 78.2 cm³/mol. The molecule has 4 rings (SSSR count). The lowest BCUT2D eigenvalue weighted by Gasteiger charge is -2.31. The Morgan fingerprint density at radius 1 is 1.14 bits per heavy atom. The summed E-state index contributed by atoms with van der Waals surface area (Å²) in [5.74, 6) is -0.692. The number of hydrogen-bond acceptors (Lipinski definition) is 3. The highest BCUT2D eigenvalue weighted by Crippen LogP contribution is 2.39. The molecule has 108 valence electrons. The number of para-hydroxylation sites is 1. The Bertz CT molecular complexity index is 720. The molecule has 0 unspecified atom stereocenters. The van der Waals surface area contributed by atoms with Crippen molar-refractivity contribution in [3.63, 3.8) is 0 Å². The van der Waals surface area contributed by atoms with E-state index in [9.17, 15) is 4.39 Å². The molecule has 2 aliphatic rings. The molecule has 3 nitrogen and oxygen atoms in total. The van der Waals surface area contributed by atoms with E-state index < -0.39 is 5.79 Å². The first-order valence-corrected chi connectivity index (χ1v) is 7.28. The molecular formula is C17H16FNO2. The maximum atomic E-state index is 13.9. The second kappa shape index (κ2) is 4.90. The maximum absolute atomic E-state index is 13.9. The summed E-state index contributed by atoms with van der Waals surface area (Å²) in [4.78, 5) is 4.16. The maximum Gasteiger partial charge on any atom is 0.172 e. The molecule has 0 saturated carbocycles. The van der Waals surface area contributed by atoms with Crippen molar-refractivity contribution in [1.29, 1.82) is 0 Å². The SMILES string of the molecule is Fc1cccc2c(C3=CCC4(CC3)OCCO4)ccnc12. The summed E-state index contributed by atoms with van der Waals surface area (Å²) in [6.45, 7) is 1.35. The molecule has 1 aliphatic heterocycles. The van der Waals surface area contributed by atoms with Crippen LogP contribution in [-0.4, -0.2) is 24.0 Å². The van der Waals surface area contributed by atoms with Crippen LogP contribution in [-0.2, 0) is 9.47 Å². The largest absolute Gasteiger partial charge is 0.347 e. The normalized spacial score (nSPS) is 20.9. The molecule has 1 aliphatic carbocycles. The summed E-state index contributed by atoms with van der Waals surface area (Å²) in [5, 5.41) is 0.868. The number of rotatable bonds is 1. The third-order valence-corrected chi connectivity index (χ3v) is 4.32. The Balaban J connectivity index is 1.74. The van der Waals surface area contributed by atoms with Crippen LogP contribution in [0.25, 0.3) is 16.5 Å². The van der Waals surface area contributed by atoms with Gasteiger partial charge in [0.15, 0.2) is 5.79 Å². The second-order valence-electron chi connectivity index (χ2n) is 5.54. The molecule has 21 heavy (non-hydrogen) atoms. The molecule has 0 atom stereocenters. The summed E-state index contributed by atoms with van der Waals surface area (Å²) in [7, 11) is 0. The van der Waals surface area contributed by atoms with Crippen molar-refractivity contribution in [3.05, 3.63) is 47.9 Å². The number of fused-ring (bicyclic) bond motifs is 1. The Morgan fingerprint density at radius 2 is 2.00 bits per heavy atom. The van der Waals surface area contributed by atoms with Crippen LogP contribution in [0.5, 0.6) is 0 Å². The van der Waals surface area contributed by atoms with Crippen LogP contribution in [0.15, 0.2) is 36.5 Å². The number of halogens is 1. The number of benzene rings is 1. The zero-order valence-corrected chi connectivity index (χ0v) is 11.6. The van der Waals surface area contributed by atoms with E-state index in [2.05, 4.69) is 11.1 Å². The smallest absolute Gasteiger partial charge is 0.172 e. The van der Waals surface area contributed by atoms with E-state index in [1.807, 2.05) is 12.1 Å². The van der Waals surface area contributed by atoms with E-state index in [4.69, 9.17) is 9.47 Å². The van der Waals surface area contributed by atoms with Crippen LogP contribution < -0.4 is 0 Å². The number of pyridine rings is 1. The number of hydrogen-bond donors (Lipinski definition) is 0. The van der Waals surface area contributed by atoms with Gasteiger partial charge in [0.25, 0.3) is 0 Å². The van der Waals surface area contributed by atoms with Gasteiger partial charge in [0.2, 0.25) is 0 Å². The average Bonchev–Trinajstić information content (AvgIpc) is 2.97. The van der Waals surface area contributed by atoms with Crippen LogP contribution in [0.4, 0.5) is 4.39 Å². The third kappa shape index (κ3) is 2.15. The van der Waals surface area contributed by atoms with Crippen molar-refractivity contribution in [2.45, 2.75) is 25.0 Å². The lowest BCUT2D eigenvalue weighted by molar-refractivity contribution is -0.159. The topological polar surface area (TPSA) is 31.4 Å². The molecule has 0 radical (unpaired) electrons. The van der Waals surface area contributed by atoms with E-state index in [-0.39, 0.29) is 5.82 Å². The lowest BCUT2D eigenvalue weighted by Crippen LogP contribution is -2.31. The zero-order valence-electron chi connectivity index (χ0n) is 11.6. The average molecular weight is 285 g/mol. The minimum absolute atomic E-state index is 0.273. The van der Waals surface area contributed by atoms with E-state index in [1.54, 1.807) is 12.3 Å². The van der Waals surface area contributed by atoms with Crippen molar-refractivity contribution in [2.24, 2.45) is 0 Å². The molecule has 0 N–H and O–H groups in total. The van der Waals surface area contributed by atoms with Gasteiger partial charge in [-0.2, -0.15) is 0 Å². The summed E-state index contributed by atoms with van der Waals surface area (Å²) in [6.07, 6.45) is 6.30. The van der Waals surface area contributed by atoms with Gasteiger partial charge < -0.3 is 9.47 Å². The van der Waals surface area contributed by atoms with Gasteiger partial charge in [0, 0.05) is 24.4 Å². The van der Waals surface area contributed by atoms with E-state index in [1.165, 1.54) is 11.6 Å². The molecule has 2 aromatic rings. The summed E-state index contributed by atoms with van der Waals surface area (Å²) in [6, 6.07) is 7.07. The Labute approximate surface area is 122 Å². The van der Waals surface area contributed by atoms with Crippen LogP contribution in [0.3, 0.4) is 0 Å². The van der Waals surface area contributed by atoms with E-state index in [0.717, 1.165) is 30.2 Å². The third-order valence-electron chi connectivity index (χ3n) is 4.32. The molecule has 0 amide bonds. The van der Waals surface area contributed by atoms with Crippen LogP contribution >= 0.6 is 0 Å². The zero-order chi connectivity index (χ0) is 14.3. The molecule has 1 fully saturated rings. The van der Waals surface area contributed by atoms with Crippen molar-refractivity contribution in [2.75, 3.05) is 13.2 Å². The lowest BCUT2D eigenvalue weighted by atomic mass is 9.88. The van der Waals surface area contributed by atoms with Crippen LogP contribution in [0.1, 0.15) is 24.8 Å². The van der Waals surface area contributed by atoms with Crippen molar-refractivity contribution in [3.8, 4) is 0 Å². The number of allylic oxidation sites excluding steroid dienone is 1. The molecule has 1 saturated heterocycles. The fraction of sp³-hybridized carbons (Fsp3) is 0.353. The van der Waals surface area contributed by atoms with Crippen molar-refractivity contribution >= 4 is 16.5 Å². The van der Waals surface area contributed by atoms with E-state index >= 15 is 0 Å². The van der Waals surface area contributed by atoms with Crippen molar-refractivity contribution < 1.29 is 13.9 Å². The number of ether oxygens (including phenoxy) is 2. The molecule has 0 bridgehead atoms. The van der Waals surface area contributed by atoms with Crippen molar-refractivity contribution in [1.82, 2.24) is 4.98 Å². The van der Waals surface area contributed by atoms with Crippen LogP contribution in [0.2, 0.25) is 0 Å². The van der Waals surface area contributed by atoms with Gasteiger partial charge in [0.05, 0.1) is 13.2 Å². The van der Waals surface area contributed by atoms with Gasteiger partial charge in [-0.15, -0.1) is 0 Å². The Morgan fingerprint density at radius 3 is 2.76 bits per heavy atom. The molecule has 2 heterocycles. The van der Waals surface area contributed by atoms with Gasteiger partial charge in [-0.1, -0.05) is 18.2 Å². The highest BCUT2D eigenvalue weighted by Gasteiger charge is 2.37. The highest BCUT2D eigenvalue weighted by molar-refractivity contribution is 5.91. The van der Waals surface area contributed by atoms with Gasteiger partial charge in [-0.3, -0.25) is 4.98 Å².